The molecular weight excluding hydrogens is 301 g/mol. The number of piperidine rings is 1. The number of nitrogens with zero attached hydrogens (tertiary/aromatic N) is 2. The van der Waals surface area contributed by atoms with Crippen LogP contribution in [-0.2, 0) is 6.54 Å². The van der Waals surface area contributed by atoms with Gasteiger partial charge in [-0.15, -0.1) is 0 Å². The number of rotatable bonds is 4. The molecule has 2 aromatic rings. The molecule has 1 saturated heterocycles. The highest BCUT2D eigenvalue weighted by Crippen LogP contribution is 2.31. The molecule has 4 heteroatoms. The molecule has 1 fully saturated rings. The van der Waals surface area contributed by atoms with E-state index < -0.39 is 5.54 Å². The Morgan fingerprint density at radius 1 is 1.25 bits per heavy atom. The molecule has 24 heavy (non-hydrogen) atoms. The zero-order valence-corrected chi connectivity index (χ0v) is 13.9. The quantitative estimate of drug-likeness (QED) is 0.917. The fourth-order valence-electron chi connectivity index (χ4n) is 3.43. The van der Waals surface area contributed by atoms with Crippen molar-refractivity contribution in [3.05, 3.63) is 66.0 Å². The Balaban J connectivity index is 1.69. The van der Waals surface area contributed by atoms with Crippen LogP contribution in [0.25, 0.3) is 0 Å². The second-order valence-corrected chi connectivity index (χ2v) is 6.59. The van der Waals surface area contributed by atoms with E-state index in [1.165, 1.54) is 17.7 Å². The molecule has 1 N–H and O–H groups in total. The lowest BCUT2D eigenvalue weighted by atomic mass is 9.84. The van der Waals surface area contributed by atoms with Gasteiger partial charge in [0.2, 0.25) is 0 Å². The highest BCUT2D eigenvalue weighted by atomic mass is 19.1. The van der Waals surface area contributed by atoms with Gasteiger partial charge in [0.15, 0.2) is 0 Å². The molecule has 0 saturated carbocycles. The fourth-order valence-corrected chi connectivity index (χ4v) is 3.43. The van der Waals surface area contributed by atoms with E-state index in [0.717, 1.165) is 19.5 Å². The molecule has 2 atom stereocenters. The second kappa shape index (κ2) is 7.02. The third-order valence-corrected chi connectivity index (χ3v) is 4.74. The average molecular weight is 323 g/mol. The van der Waals surface area contributed by atoms with Crippen LogP contribution in [-0.4, -0.2) is 23.0 Å². The topological polar surface area (TPSA) is 39.1 Å². The van der Waals surface area contributed by atoms with Crippen molar-refractivity contribution < 1.29 is 4.39 Å². The fraction of sp³-hybridized carbons (Fsp3) is 0.350. The highest BCUT2D eigenvalue weighted by Gasteiger charge is 2.38. The molecule has 0 aliphatic carbocycles. The predicted molar refractivity (Wildman–Crippen MR) is 93.9 cm³/mol. The van der Waals surface area contributed by atoms with Gasteiger partial charge in [-0.1, -0.05) is 36.4 Å². The standard InChI is InChI=1S/C20H22FN3/c1-16-13-20(15-22,23-19-9-5-8-18(21)12-19)10-11-24(16)14-17-6-3-2-4-7-17/h2-9,12,16,23H,10-11,13-14H2,1H3. The normalized spacial score (nSPS) is 24.3. The van der Waals surface area contributed by atoms with E-state index in [2.05, 4.69) is 47.5 Å². The van der Waals surface area contributed by atoms with Crippen LogP contribution in [0.15, 0.2) is 54.6 Å². The number of anilines is 1. The molecule has 124 valence electrons. The van der Waals surface area contributed by atoms with E-state index in [0.29, 0.717) is 12.1 Å². The smallest absolute Gasteiger partial charge is 0.128 e. The maximum Gasteiger partial charge on any atom is 0.128 e. The lowest BCUT2D eigenvalue weighted by molar-refractivity contribution is 0.126. The van der Waals surface area contributed by atoms with Crippen molar-refractivity contribution in [3.63, 3.8) is 0 Å². The third kappa shape index (κ3) is 3.74. The monoisotopic (exact) mass is 323 g/mol. The molecule has 0 amide bonds. The summed E-state index contributed by atoms with van der Waals surface area (Å²) in [7, 11) is 0. The van der Waals surface area contributed by atoms with E-state index >= 15 is 0 Å². The summed E-state index contributed by atoms with van der Waals surface area (Å²) in [6.07, 6.45) is 1.43. The Morgan fingerprint density at radius 2 is 2.04 bits per heavy atom. The summed E-state index contributed by atoms with van der Waals surface area (Å²) in [6, 6.07) is 19.4. The Hall–Kier alpha value is -2.38. The second-order valence-electron chi connectivity index (χ2n) is 6.59. The number of hydrogen-bond acceptors (Lipinski definition) is 3. The minimum absolute atomic E-state index is 0.277. The SMILES string of the molecule is CC1CC(C#N)(Nc2cccc(F)c2)CCN1Cc1ccccc1. The van der Waals surface area contributed by atoms with E-state index in [1.807, 2.05) is 12.1 Å². The summed E-state index contributed by atoms with van der Waals surface area (Å²) < 4.78 is 13.4. The summed E-state index contributed by atoms with van der Waals surface area (Å²) >= 11 is 0. The lowest BCUT2D eigenvalue weighted by Crippen LogP contribution is -2.52. The molecule has 3 nitrogen and oxygen atoms in total. The van der Waals surface area contributed by atoms with Crippen LogP contribution in [0.3, 0.4) is 0 Å². The average Bonchev–Trinajstić information content (AvgIpc) is 2.58. The van der Waals surface area contributed by atoms with Crippen LogP contribution in [0.4, 0.5) is 10.1 Å². The Morgan fingerprint density at radius 3 is 2.71 bits per heavy atom. The molecule has 0 bridgehead atoms. The summed E-state index contributed by atoms with van der Waals surface area (Å²) in [6.45, 7) is 3.89. The maximum absolute atomic E-state index is 13.4. The number of likely N-dealkylation sites (tertiary alicyclic amines) is 1. The van der Waals surface area contributed by atoms with Gasteiger partial charge < -0.3 is 5.32 Å². The van der Waals surface area contributed by atoms with Crippen LogP contribution in [0.1, 0.15) is 25.3 Å². The van der Waals surface area contributed by atoms with Gasteiger partial charge in [-0.3, -0.25) is 4.90 Å². The Labute approximate surface area is 142 Å². The minimum atomic E-state index is -0.638. The zero-order valence-electron chi connectivity index (χ0n) is 13.9. The highest BCUT2D eigenvalue weighted by molar-refractivity contribution is 5.48. The molecule has 0 spiro atoms. The van der Waals surface area contributed by atoms with Crippen LogP contribution < -0.4 is 5.32 Å². The number of hydrogen-bond donors (Lipinski definition) is 1. The van der Waals surface area contributed by atoms with Crippen LogP contribution >= 0.6 is 0 Å². The largest absolute Gasteiger partial charge is 0.367 e. The summed E-state index contributed by atoms with van der Waals surface area (Å²) in [5.41, 5.74) is 1.31. The summed E-state index contributed by atoms with van der Waals surface area (Å²) in [4.78, 5) is 2.40. The van der Waals surface area contributed by atoms with Crippen molar-refractivity contribution >= 4 is 5.69 Å². The van der Waals surface area contributed by atoms with Crippen molar-refractivity contribution in [3.8, 4) is 6.07 Å². The van der Waals surface area contributed by atoms with Gasteiger partial charge in [0, 0.05) is 24.8 Å². The van der Waals surface area contributed by atoms with Gasteiger partial charge in [-0.2, -0.15) is 5.26 Å². The number of benzene rings is 2. The molecule has 0 aromatic heterocycles. The molecule has 0 radical (unpaired) electrons. The summed E-state index contributed by atoms with van der Waals surface area (Å²) in [5.74, 6) is -0.289. The van der Waals surface area contributed by atoms with E-state index in [9.17, 15) is 9.65 Å². The number of halogens is 1. The van der Waals surface area contributed by atoms with Crippen molar-refractivity contribution in [2.45, 2.75) is 37.9 Å². The van der Waals surface area contributed by atoms with Crippen molar-refractivity contribution in [2.24, 2.45) is 0 Å². The first-order valence-electron chi connectivity index (χ1n) is 8.33. The van der Waals surface area contributed by atoms with Crippen molar-refractivity contribution in [1.29, 1.82) is 5.26 Å². The molecule has 1 aliphatic rings. The first kappa shape index (κ1) is 16.5. The first-order valence-corrected chi connectivity index (χ1v) is 8.33. The number of nitriles is 1. The molecule has 1 heterocycles. The molecular formula is C20H22FN3. The zero-order chi connectivity index (χ0) is 17.0. The molecule has 2 unspecified atom stereocenters. The first-order chi connectivity index (χ1) is 11.6. The van der Waals surface area contributed by atoms with Gasteiger partial charge in [0.1, 0.15) is 11.4 Å². The van der Waals surface area contributed by atoms with E-state index in [4.69, 9.17) is 0 Å². The van der Waals surface area contributed by atoms with Crippen molar-refractivity contribution in [2.75, 3.05) is 11.9 Å². The molecule has 1 aliphatic heterocycles. The van der Waals surface area contributed by atoms with Gasteiger partial charge in [0.25, 0.3) is 0 Å². The van der Waals surface area contributed by atoms with Crippen molar-refractivity contribution in [1.82, 2.24) is 4.90 Å². The van der Waals surface area contributed by atoms with E-state index in [1.54, 1.807) is 6.07 Å². The van der Waals surface area contributed by atoms with Gasteiger partial charge in [-0.05, 0) is 43.5 Å². The van der Waals surface area contributed by atoms with Crippen LogP contribution in [0.2, 0.25) is 0 Å². The van der Waals surface area contributed by atoms with E-state index in [-0.39, 0.29) is 11.9 Å². The predicted octanol–water partition coefficient (Wildman–Crippen LogP) is 4.18. The Kier molecular flexibility index (Phi) is 4.82. The lowest BCUT2D eigenvalue weighted by Gasteiger charge is -2.42. The van der Waals surface area contributed by atoms with Gasteiger partial charge in [-0.25, -0.2) is 4.39 Å². The molecule has 3 rings (SSSR count). The van der Waals surface area contributed by atoms with Crippen LogP contribution in [0, 0.1) is 17.1 Å². The maximum atomic E-state index is 13.4. The Bertz CT molecular complexity index is 725. The van der Waals surface area contributed by atoms with Gasteiger partial charge >= 0.3 is 0 Å². The van der Waals surface area contributed by atoms with Gasteiger partial charge in [0.05, 0.1) is 6.07 Å². The summed E-state index contributed by atoms with van der Waals surface area (Å²) in [5, 5.41) is 13.0. The number of nitrogens with one attached hydrogen (secondary N) is 1. The van der Waals surface area contributed by atoms with Crippen LogP contribution in [0.5, 0.6) is 0 Å². The third-order valence-electron chi connectivity index (χ3n) is 4.74. The molecule has 2 aromatic carbocycles. The minimum Gasteiger partial charge on any atom is -0.367 e.